The van der Waals surface area contributed by atoms with E-state index in [2.05, 4.69) is 4.98 Å². The van der Waals surface area contributed by atoms with Crippen LogP contribution >= 0.6 is 0 Å². The van der Waals surface area contributed by atoms with Gasteiger partial charge in [0.2, 0.25) is 5.56 Å². The van der Waals surface area contributed by atoms with Crippen molar-refractivity contribution in [3.8, 4) is 11.1 Å². The van der Waals surface area contributed by atoms with Crippen molar-refractivity contribution >= 4 is 10.9 Å². The van der Waals surface area contributed by atoms with Crippen LogP contribution < -0.4 is 5.56 Å². The van der Waals surface area contributed by atoms with Gasteiger partial charge in [-0.05, 0) is 30.2 Å². The first kappa shape index (κ1) is 14.4. The number of rotatable bonds is 1. The number of pyridine rings is 1. The Morgan fingerprint density at radius 1 is 0.955 bits per heavy atom. The molecule has 0 saturated carbocycles. The topological polar surface area (TPSA) is 32.9 Å². The minimum atomic E-state index is -4.57. The molecule has 112 valence electrons. The summed E-state index contributed by atoms with van der Waals surface area (Å²) in [5.74, 6) is 0. The van der Waals surface area contributed by atoms with Crippen molar-refractivity contribution in [2.75, 3.05) is 0 Å². The first-order valence-electron chi connectivity index (χ1n) is 6.66. The van der Waals surface area contributed by atoms with Crippen LogP contribution in [-0.2, 0) is 6.18 Å². The SMILES string of the molecule is Cc1cccc(-c2ccc3[nH]c(=O)cc(C(F)(F)F)c3c2)c1. The Morgan fingerprint density at radius 2 is 1.68 bits per heavy atom. The summed E-state index contributed by atoms with van der Waals surface area (Å²) in [5.41, 5.74) is 1.03. The van der Waals surface area contributed by atoms with Crippen molar-refractivity contribution in [2.24, 2.45) is 0 Å². The van der Waals surface area contributed by atoms with Crippen LogP contribution in [0.15, 0.2) is 53.3 Å². The second-order valence-corrected chi connectivity index (χ2v) is 5.17. The van der Waals surface area contributed by atoms with Gasteiger partial charge in [-0.15, -0.1) is 0 Å². The number of hydrogen-bond acceptors (Lipinski definition) is 1. The summed E-state index contributed by atoms with van der Waals surface area (Å²) in [7, 11) is 0. The van der Waals surface area contributed by atoms with Crippen LogP contribution in [0.25, 0.3) is 22.0 Å². The van der Waals surface area contributed by atoms with E-state index in [9.17, 15) is 18.0 Å². The zero-order chi connectivity index (χ0) is 15.9. The fraction of sp³-hybridized carbons (Fsp3) is 0.118. The number of alkyl halides is 3. The van der Waals surface area contributed by atoms with Gasteiger partial charge in [-0.3, -0.25) is 4.79 Å². The maximum absolute atomic E-state index is 13.1. The summed E-state index contributed by atoms with van der Waals surface area (Å²) in [4.78, 5) is 13.8. The Hall–Kier alpha value is -2.56. The van der Waals surface area contributed by atoms with E-state index < -0.39 is 17.3 Å². The lowest BCUT2D eigenvalue weighted by Crippen LogP contribution is -2.13. The number of benzene rings is 2. The van der Waals surface area contributed by atoms with Gasteiger partial charge in [-0.2, -0.15) is 13.2 Å². The molecule has 0 spiro atoms. The molecule has 0 aliphatic heterocycles. The number of fused-ring (bicyclic) bond motifs is 1. The summed E-state index contributed by atoms with van der Waals surface area (Å²) in [6, 6.07) is 12.8. The molecule has 0 fully saturated rings. The molecule has 1 heterocycles. The van der Waals surface area contributed by atoms with Crippen LogP contribution in [0.1, 0.15) is 11.1 Å². The molecule has 1 N–H and O–H groups in total. The smallest absolute Gasteiger partial charge is 0.322 e. The predicted molar refractivity (Wildman–Crippen MR) is 79.7 cm³/mol. The third-order valence-corrected chi connectivity index (χ3v) is 3.50. The number of nitrogens with one attached hydrogen (secondary N) is 1. The Labute approximate surface area is 124 Å². The number of aromatic amines is 1. The Balaban J connectivity index is 2.29. The lowest BCUT2D eigenvalue weighted by atomic mass is 9.99. The van der Waals surface area contributed by atoms with Gasteiger partial charge in [0.05, 0.1) is 5.56 Å². The highest BCUT2D eigenvalue weighted by Crippen LogP contribution is 2.35. The van der Waals surface area contributed by atoms with Crippen LogP contribution in [0.2, 0.25) is 0 Å². The molecule has 0 atom stereocenters. The van der Waals surface area contributed by atoms with Crippen molar-refractivity contribution in [2.45, 2.75) is 13.1 Å². The number of aryl methyl sites for hydroxylation is 1. The van der Waals surface area contributed by atoms with Crippen LogP contribution in [0.5, 0.6) is 0 Å². The summed E-state index contributed by atoms with van der Waals surface area (Å²) < 4.78 is 39.4. The van der Waals surface area contributed by atoms with Crippen LogP contribution in [0.4, 0.5) is 13.2 Å². The van der Waals surface area contributed by atoms with E-state index in [0.29, 0.717) is 11.6 Å². The zero-order valence-corrected chi connectivity index (χ0v) is 11.7. The monoisotopic (exact) mass is 303 g/mol. The Bertz CT molecular complexity index is 910. The average molecular weight is 303 g/mol. The third-order valence-electron chi connectivity index (χ3n) is 3.50. The van der Waals surface area contributed by atoms with E-state index in [1.165, 1.54) is 12.1 Å². The zero-order valence-electron chi connectivity index (χ0n) is 11.7. The lowest BCUT2D eigenvalue weighted by Gasteiger charge is -2.11. The van der Waals surface area contributed by atoms with Gasteiger partial charge in [-0.1, -0.05) is 35.9 Å². The predicted octanol–water partition coefficient (Wildman–Crippen LogP) is 4.52. The third kappa shape index (κ3) is 2.62. The van der Waals surface area contributed by atoms with E-state index in [-0.39, 0.29) is 10.9 Å². The van der Waals surface area contributed by atoms with Crippen molar-refractivity contribution in [1.29, 1.82) is 0 Å². The molecule has 3 aromatic rings. The fourth-order valence-corrected chi connectivity index (χ4v) is 2.49. The van der Waals surface area contributed by atoms with Gasteiger partial charge in [0.25, 0.3) is 0 Å². The summed E-state index contributed by atoms with van der Waals surface area (Å²) in [6.07, 6.45) is -4.57. The molecule has 0 amide bonds. The van der Waals surface area contributed by atoms with Crippen LogP contribution in [-0.4, -0.2) is 4.98 Å². The van der Waals surface area contributed by atoms with Gasteiger partial charge in [0, 0.05) is 17.0 Å². The van der Waals surface area contributed by atoms with E-state index in [1.807, 2.05) is 31.2 Å². The molecule has 2 nitrogen and oxygen atoms in total. The van der Waals surface area contributed by atoms with Crippen molar-refractivity contribution in [3.63, 3.8) is 0 Å². The molecule has 2 aromatic carbocycles. The van der Waals surface area contributed by atoms with Gasteiger partial charge in [-0.25, -0.2) is 0 Å². The highest BCUT2D eigenvalue weighted by molar-refractivity contribution is 5.87. The molecule has 0 saturated heterocycles. The molecular formula is C17H12F3NO. The van der Waals surface area contributed by atoms with E-state index in [4.69, 9.17) is 0 Å². The standard InChI is InChI=1S/C17H12F3NO/c1-10-3-2-4-11(7-10)12-5-6-15-13(8-12)14(17(18,19)20)9-16(22)21-15/h2-9H,1H3,(H,21,22). The van der Waals surface area contributed by atoms with Crippen molar-refractivity contribution in [1.82, 2.24) is 4.98 Å². The van der Waals surface area contributed by atoms with E-state index in [1.54, 1.807) is 6.07 Å². The average Bonchev–Trinajstić information content (AvgIpc) is 2.45. The van der Waals surface area contributed by atoms with E-state index >= 15 is 0 Å². The number of H-pyrrole nitrogens is 1. The second kappa shape index (κ2) is 5.02. The van der Waals surface area contributed by atoms with Crippen molar-refractivity contribution in [3.05, 3.63) is 70.0 Å². The molecule has 0 radical (unpaired) electrons. The molecule has 0 bridgehead atoms. The van der Waals surface area contributed by atoms with E-state index in [0.717, 1.165) is 11.1 Å². The van der Waals surface area contributed by atoms with Gasteiger partial charge in [0.15, 0.2) is 0 Å². The molecule has 3 rings (SSSR count). The second-order valence-electron chi connectivity index (χ2n) is 5.17. The number of halogens is 3. The van der Waals surface area contributed by atoms with Gasteiger partial charge >= 0.3 is 6.18 Å². The Kier molecular flexibility index (Phi) is 3.28. The minimum absolute atomic E-state index is 0.00824. The summed E-state index contributed by atoms with van der Waals surface area (Å²) in [5, 5.41) is -0.00824. The number of aromatic nitrogens is 1. The molecular weight excluding hydrogens is 291 g/mol. The highest BCUT2D eigenvalue weighted by Gasteiger charge is 2.33. The summed E-state index contributed by atoms with van der Waals surface area (Å²) >= 11 is 0. The maximum Gasteiger partial charge on any atom is 0.417 e. The molecule has 0 aliphatic rings. The first-order chi connectivity index (χ1) is 10.3. The quantitative estimate of drug-likeness (QED) is 0.704. The number of hydrogen-bond donors (Lipinski definition) is 1. The van der Waals surface area contributed by atoms with Crippen LogP contribution in [0.3, 0.4) is 0 Å². The Morgan fingerprint density at radius 3 is 2.36 bits per heavy atom. The summed E-state index contributed by atoms with van der Waals surface area (Å²) in [6.45, 7) is 1.92. The van der Waals surface area contributed by atoms with Gasteiger partial charge in [0.1, 0.15) is 0 Å². The first-order valence-corrected chi connectivity index (χ1v) is 6.66. The molecule has 5 heteroatoms. The van der Waals surface area contributed by atoms with Crippen molar-refractivity contribution < 1.29 is 13.2 Å². The fourth-order valence-electron chi connectivity index (χ4n) is 2.49. The van der Waals surface area contributed by atoms with Crippen LogP contribution in [0, 0.1) is 6.92 Å². The molecule has 0 aliphatic carbocycles. The normalized spacial score (nSPS) is 11.8. The molecule has 22 heavy (non-hydrogen) atoms. The highest BCUT2D eigenvalue weighted by atomic mass is 19.4. The molecule has 0 unspecified atom stereocenters. The van der Waals surface area contributed by atoms with Gasteiger partial charge < -0.3 is 4.98 Å². The maximum atomic E-state index is 13.1. The largest absolute Gasteiger partial charge is 0.417 e. The minimum Gasteiger partial charge on any atom is -0.322 e. The molecule has 1 aromatic heterocycles. The lowest BCUT2D eigenvalue weighted by molar-refractivity contribution is -0.136.